The lowest BCUT2D eigenvalue weighted by Gasteiger charge is -2.18. The Morgan fingerprint density at radius 2 is 1.87 bits per heavy atom. The van der Waals surface area contributed by atoms with Crippen molar-refractivity contribution in [1.29, 1.82) is 0 Å². The van der Waals surface area contributed by atoms with Gasteiger partial charge in [-0.25, -0.2) is 0 Å². The van der Waals surface area contributed by atoms with Crippen molar-refractivity contribution in [1.82, 2.24) is 5.32 Å². The third-order valence-electron chi connectivity index (χ3n) is 3.54. The minimum absolute atomic E-state index is 0.0463. The molecule has 1 amide bonds. The van der Waals surface area contributed by atoms with Crippen LogP contribution < -0.4 is 10.1 Å². The summed E-state index contributed by atoms with van der Waals surface area (Å²) in [6.45, 7) is 3.83. The van der Waals surface area contributed by atoms with Crippen molar-refractivity contribution in [2.24, 2.45) is 0 Å². The van der Waals surface area contributed by atoms with E-state index in [-0.39, 0.29) is 17.6 Å². The minimum atomic E-state index is -0.498. The highest BCUT2D eigenvalue weighted by Crippen LogP contribution is 2.26. The molecule has 1 atom stereocenters. The highest BCUT2D eigenvalue weighted by molar-refractivity contribution is 5.94. The van der Waals surface area contributed by atoms with Crippen LogP contribution in [0.3, 0.4) is 0 Å². The van der Waals surface area contributed by atoms with Gasteiger partial charge in [-0.3, -0.25) is 14.9 Å². The van der Waals surface area contributed by atoms with E-state index in [4.69, 9.17) is 4.74 Å². The van der Waals surface area contributed by atoms with E-state index in [9.17, 15) is 14.9 Å². The molecule has 23 heavy (non-hydrogen) atoms. The van der Waals surface area contributed by atoms with Gasteiger partial charge in [0.1, 0.15) is 5.75 Å². The molecular formula is C17H18N2O4. The van der Waals surface area contributed by atoms with Crippen LogP contribution in [-0.2, 0) is 0 Å². The molecule has 2 rings (SSSR count). The number of nitro benzene ring substituents is 1. The molecule has 2 aromatic rings. The molecule has 0 heterocycles. The summed E-state index contributed by atoms with van der Waals surface area (Å²) >= 11 is 0. The Hall–Kier alpha value is -2.89. The van der Waals surface area contributed by atoms with Crippen LogP contribution in [0.15, 0.2) is 42.5 Å². The number of nitrogens with one attached hydrogen (secondary N) is 1. The van der Waals surface area contributed by atoms with Gasteiger partial charge in [0.25, 0.3) is 11.6 Å². The maximum Gasteiger partial charge on any atom is 0.269 e. The first kappa shape index (κ1) is 16.5. The van der Waals surface area contributed by atoms with Gasteiger partial charge < -0.3 is 10.1 Å². The molecule has 0 aliphatic carbocycles. The minimum Gasteiger partial charge on any atom is -0.496 e. The van der Waals surface area contributed by atoms with Crippen molar-refractivity contribution in [3.05, 3.63) is 69.3 Å². The van der Waals surface area contributed by atoms with Gasteiger partial charge in [0.05, 0.1) is 18.1 Å². The Bertz CT molecular complexity index is 726. The molecule has 0 aliphatic heterocycles. The Morgan fingerprint density at radius 1 is 1.22 bits per heavy atom. The van der Waals surface area contributed by atoms with Crippen molar-refractivity contribution < 1.29 is 14.5 Å². The van der Waals surface area contributed by atoms with Crippen LogP contribution in [0.1, 0.15) is 34.5 Å². The molecule has 2 aromatic carbocycles. The number of hydrogen-bond acceptors (Lipinski definition) is 4. The van der Waals surface area contributed by atoms with Gasteiger partial charge in [0, 0.05) is 23.3 Å². The summed E-state index contributed by atoms with van der Waals surface area (Å²) in [5, 5.41) is 13.5. The van der Waals surface area contributed by atoms with Crippen LogP contribution in [-0.4, -0.2) is 17.9 Å². The van der Waals surface area contributed by atoms with Gasteiger partial charge in [-0.1, -0.05) is 17.7 Å². The maximum absolute atomic E-state index is 12.3. The summed E-state index contributed by atoms with van der Waals surface area (Å²) in [6.07, 6.45) is 0. The van der Waals surface area contributed by atoms with E-state index in [0.29, 0.717) is 11.3 Å². The van der Waals surface area contributed by atoms with Gasteiger partial charge in [0.2, 0.25) is 0 Å². The first-order valence-electron chi connectivity index (χ1n) is 7.12. The molecule has 0 bridgehead atoms. The van der Waals surface area contributed by atoms with E-state index in [1.165, 1.54) is 24.3 Å². The maximum atomic E-state index is 12.3. The summed E-state index contributed by atoms with van der Waals surface area (Å²) in [6, 6.07) is 11.0. The Labute approximate surface area is 134 Å². The molecule has 0 fully saturated rings. The quantitative estimate of drug-likeness (QED) is 0.677. The fourth-order valence-electron chi connectivity index (χ4n) is 2.28. The second-order valence-corrected chi connectivity index (χ2v) is 5.24. The van der Waals surface area contributed by atoms with Crippen molar-refractivity contribution in [3.63, 3.8) is 0 Å². The fourth-order valence-corrected chi connectivity index (χ4v) is 2.28. The van der Waals surface area contributed by atoms with Gasteiger partial charge in [0.15, 0.2) is 0 Å². The molecule has 0 spiro atoms. The van der Waals surface area contributed by atoms with Crippen LogP contribution in [0.25, 0.3) is 0 Å². The first-order valence-corrected chi connectivity index (χ1v) is 7.12. The molecule has 1 N–H and O–H groups in total. The number of benzene rings is 2. The van der Waals surface area contributed by atoms with Crippen molar-refractivity contribution in [3.8, 4) is 5.75 Å². The molecule has 0 unspecified atom stereocenters. The van der Waals surface area contributed by atoms with E-state index < -0.39 is 4.92 Å². The number of aryl methyl sites for hydroxylation is 1. The van der Waals surface area contributed by atoms with Crippen LogP contribution >= 0.6 is 0 Å². The Kier molecular flexibility index (Phi) is 4.95. The topological polar surface area (TPSA) is 81.5 Å². The van der Waals surface area contributed by atoms with Gasteiger partial charge >= 0.3 is 0 Å². The number of nitro groups is 1. The number of rotatable bonds is 5. The number of amides is 1. The highest BCUT2D eigenvalue weighted by Gasteiger charge is 2.16. The lowest BCUT2D eigenvalue weighted by molar-refractivity contribution is -0.384. The normalized spacial score (nSPS) is 11.6. The lowest BCUT2D eigenvalue weighted by Crippen LogP contribution is -2.27. The average molecular weight is 314 g/mol. The predicted molar refractivity (Wildman–Crippen MR) is 86.7 cm³/mol. The SMILES string of the molecule is COc1ccc(C)cc1[C@@H](C)NC(=O)c1ccc([N+](=O)[O-])cc1. The predicted octanol–water partition coefficient (Wildman–Crippen LogP) is 3.40. The third kappa shape index (κ3) is 3.85. The zero-order chi connectivity index (χ0) is 17.0. The van der Waals surface area contributed by atoms with E-state index in [1.807, 2.05) is 32.0 Å². The van der Waals surface area contributed by atoms with E-state index in [2.05, 4.69) is 5.32 Å². The van der Waals surface area contributed by atoms with Crippen LogP contribution in [0.5, 0.6) is 5.75 Å². The van der Waals surface area contributed by atoms with Crippen LogP contribution in [0.2, 0.25) is 0 Å². The highest BCUT2D eigenvalue weighted by atomic mass is 16.6. The summed E-state index contributed by atoms with van der Waals surface area (Å²) in [5.74, 6) is 0.406. The molecule has 0 aliphatic rings. The Morgan fingerprint density at radius 3 is 2.43 bits per heavy atom. The standard InChI is InChI=1S/C17H18N2O4/c1-11-4-9-16(23-3)15(10-11)12(2)18-17(20)13-5-7-14(8-6-13)19(21)22/h4-10,12H,1-3H3,(H,18,20)/t12-/m1/s1. The number of methoxy groups -OCH3 is 1. The molecule has 0 aromatic heterocycles. The summed E-state index contributed by atoms with van der Waals surface area (Å²) in [4.78, 5) is 22.4. The Balaban J connectivity index is 2.16. The van der Waals surface area contributed by atoms with Crippen LogP contribution in [0.4, 0.5) is 5.69 Å². The number of carbonyl (C=O) groups is 1. The fraction of sp³-hybridized carbons (Fsp3) is 0.235. The number of carbonyl (C=O) groups excluding carboxylic acids is 1. The average Bonchev–Trinajstić information content (AvgIpc) is 2.54. The largest absolute Gasteiger partial charge is 0.496 e. The molecule has 6 nitrogen and oxygen atoms in total. The molecule has 120 valence electrons. The monoisotopic (exact) mass is 314 g/mol. The zero-order valence-corrected chi connectivity index (χ0v) is 13.2. The van der Waals surface area contributed by atoms with Crippen LogP contribution in [0, 0.1) is 17.0 Å². The first-order chi connectivity index (χ1) is 10.9. The third-order valence-corrected chi connectivity index (χ3v) is 3.54. The second kappa shape index (κ2) is 6.91. The van der Waals surface area contributed by atoms with Gasteiger partial charge in [-0.15, -0.1) is 0 Å². The van der Waals surface area contributed by atoms with E-state index in [1.54, 1.807) is 7.11 Å². The van der Waals surface area contributed by atoms with E-state index >= 15 is 0 Å². The van der Waals surface area contributed by atoms with Crippen molar-refractivity contribution in [2.45, 2.75) is 19.9 Å². The number of hydrogen-bond donors (Lipinski definition) is 1. The molecule has 6 heteroatoms. The zero-order valence-electron chi connectivity index (χ0n) is 13.2. The van der Waals surface area contributed by atoms with E-state index in [0.717, 1.165) is 11.1 Å². The second-order valence-electron chi connectivity index (χ2n) is 5.24. The number of ether oxygens (including phenoxy) is 1. The summed E-state index contributed by atoms with van der Waals surface area (Å²) in [7, 11) is 1.58. The molecule has 0 radical (unpaired) electrons. The number of non-ortho nitro benzene ring substituents is 1. The molecule has 0 saturated heterocycles. The summed E-state index contributed by atoms with van der Waals surface area (Å²) < 4.78 is 5.32. The van der Waals surface area contributed by atoms with Crippen molar-refractivity contribution >= 4 is 11.6 Å². The smallest absolute Gasteiger partial charge is 0.269 e. The van der Waals surface area contributed by atoms with Gasteiger partial charge in [-0.2, -0.15) is 0 Å². The summed E-state index contributed by atoms with van der Waals surface area (Å²) in [5.41, 5.74) is 2.27. The molecular weight excluding hydrogens is 296 g/mol. The van der Waals surface area contributed by atoms with Crippen molar-refractivity contribution in [2.75, 3.05) is 7.11 Å². The lowest BCUT2D eigenvalue weighted by atomic mass is 10.0. The molecule has 0 saturated carbocycles. The number of nitrogens with zero attached hydrogens (tertiary/aromatic N) is 1. The van der Waals surface area contributed by atoms with Gasteiger partial charge in [-0.05, 0) is 32.0 Å².